The summed E-state index contributed by atoms with van der Waals surface area (Å²) in [5.41, 5.74) is 1.69. The first kappa shape index (κ1) is 28.6. The number of aliphatic hydroxyl groups is 1. The smallest absolute Gasteiger partial charge is 0.252 e. The highest BCUT2D eigenvalue weighted by molar-refractivity contribution is 5.98. The SMILES string of the molecule is CCCC(O)C(=O)N1CC(=O)C2C1CCN2C(=O)CC(C)CCNC(=O)c1ccc(N(CC)CC)cc1. The van der Waals surface area contributed by atoms with Crippen LogP contribution in [0.1, 0.15) is 70.2 Å². The minimum atomic E-state index is -1.10. The summed E-state index contributed by atoms with van der Waals surface area (Å²) in [6.45, 7) is 10.7. The van der Waals surface area contributed by atoms with Crippen molar-refractivity contribution in [1.82, 2.24) is 15.1 Å². The van der Waals surface area contributed by atoms with Crippen molar-refractivity contribution < 1.29 is 24.3 Å². The lowest BCUT2D eigenvalue weighted by Crippen LogP contribution is -2.45. The number of amides is 3. The highest BCUT2D eigenvalue weighted by Crippen LogP contribution is 2.31. The molecule has 3 amide bonds. The summed E-state index contributed by atoms with van der Waals surface area (Å²) < 4.78 is 0. The summed E-state index contributed by atoms with van der Waals surface area (Å²) in [5.74, 6) is -0.769. The number of anilines is 1. The van der Waals surface area contributed by atoms with Gasteiger partial charge >= 0.3 is 0 Å². The van der Waals surface area contributed by atoms with Crippen molar-refractivity contribution in [2.45, 2.75) is 78.0 Å². The van der Waals surface area contributed by atoms with Crippen LogP contribution < -0.4 is 10.2 Å². The van der Waals surface area contributed by atoms with E-state index in [0.29, 0.717) is 44.3 Å². The molecular weight excluding hydrogens is 472 g/mol. The first-order chi connectivity index (χ1) is 17.7. The van der Waals surface area contributed by atoms with Crippen molar-refractivity contribution in [3.63, 3.8) is 0 Å². The maximum atomic E-state index is 13.0. The maximum Gasteiger partial charge on any atom is 0.252 e. The number of nitrogens with zero attached hydrogens (tertiary/aromatic N) is 3. The molecule has 3 rings (SSSR count). The Balaban J connectivity index is 1.46. The van der Waals surface area contributed by atoms with Crippen LogP contribution in [0.4, 0.5) is 5.69 Å². The Labute approximate surface area is 220 Å². The number of fused-ring (bicyclic) bond motifs is 1. The lowest BCUT2D eigenvalue weighted by atomic mass is 10.0. The molecule has 0 bridgehead atoms. The van der Waals surface area contributed by atoms with Crippen LogP contribution in [-0.4, -0.2) is 89.3 Å². The van der Waals surface area contributed by atoms with Crippen LogP contribution in [0.2, 0.25) is 0 Å². The Kier molecular flexibility index (Phi) is 10.1. The van der Waals surface area contributed by atoms with E-state index in [-0.39, 0.29) is 42.5 Å². The fourth-order valence-electron chi connectivity index (χ4n) is 5.44. The van der Waals surface area contributed by atoms with E-state index in [9.17, 15) is 24.3 Å². The number of benzene rings is 1. The topological polar surface area (TPSA) is 110 Å². The first-order valence-corrected chi connectivity index (χ1v) is 13.7. The van der Waals surface area contributed by atoms with Gasteiger partial charge in [-0.2, -0.15) is 0 Å². The lowest BCUT2D eigenvalue weighted by molar-refractivity contribution is -0.142. The van der Waals surface area contributed by atoms with Gasteiger partial charge < -0.3 is 25.1 Å². The number of nitrogens with one attached hydrogen (secondary N) is 1. The van der Waals surface area contributed by atoms with E-state index in [1.54, 1.807) is 4.90 Å². The normalized spacial score (nSPS) is 20.5. The zero-order chi connectivity index (χ0) is 27.1. The molecule has 2 aliphatic heterocycles. The van der Waals surface area contributed by atoms with E-state index in [0.717, 1.165) is 18.8 Å². The number of likely N-dealkylation sites (tertiary alicyclic amines) is 2. The molecule has 0 aromatic heterocycles. The molecule has 0 saturated carbocycles. The standard InChI is InChI=1S/C28H42N4O5/c1-5-8-23(33)28(37)32-18-24(34)26-22(32)14-16-31(26)25(35)17-19(4)13-15-29-27(36)20-9-11-21(12-10-20)30(6-2)7-3/h9-12,19,22-23,26,33H,5-8,13-18H2,1-4H3,(H,29,36). The van der Waals surface area contributed by atoms with Crippen LogP contribution in [0.5, 0.6) is 0 Å². The molecule has 2 fully saturated rings. The first-order valence-electron chi connectivity index (χ1n) is 13.7. The van der Waals surface area contributed by atoms with E-state index in [1.165, 1.54) is 4.90 Å². The van der Waals surface area contributed by atoms with Crippen molar-refractivity contribution in [3.8, 4) is 0 Å². The van der Waals surface area contributed by atoms with E-state index in [4.69, 9.17) is 0 Å². The summed E-state index contributed by atoms with van der Waals surface area (Å²) in [6.07, 6.45) is 1.39. The van der Waals surface area contributed by atoms with Gasteiger partial charge in [0, 0.05) is 43.9 Å². The second-order valence-electron chi connectivity index (χ2n) is 10.2. The van der Waals surface area contributed by atoms with Gasteiger partial charge in [0.05, 0.1) is 12.6 Å². The van der Waals surface area contributed by atoms with Crippen molar-refractivity contribution in [3.05, 3.63) is 29.8 Å². The molecule has 0 aliphatic carbocycles. The lowest BCUT2D eigenvalue weighted by Gasteiger charge is -2.26. The average molecular weight is 515 g/mol. The predicted octanol–water partition coefficient (Wildman–Crippen LogP) is 2.22. The Hall–Kier alpha value is -2.94. The van der Waals surface area contributed by atoms with Gasteiger partial charge in [-0.15, -0.1) is 0 Å². The third-order valence-electron chi connectivity index (χ3n) is 7.58. The number of aliphatic hydroxyl groups excluding tert-OH is 1. The highest BCUT2D eigenvalue weighted by atomic mass is 16.3. The third kappa shape index (κ3) is 6.69. The average Bonchev–Trinajstić information content (AvgIpc) is 3.46. The molecule has 2 heterocycles. The molecule has 2 aliphatic rings. The number of hydrogen-bond donors (Lipinski definition) is 2. The van der Waals surface area contributed by atoms with E-state index in [2.05, 4.69) is 24.1 Å². The van der Waals surface area contributed by atoms with Crippen LogP contribution in [0, 0.1) is 5.92 Å². The largest absolute Gasteiger partial charge is 0.383 e. The summed E-state index contributed by atoms with van der Waals surface area (Å²) in [7, 11) is 0. The Morgan fingerprint density at radius 3 is 2.38 bits per heavy atom. The van der Waals surface area contributed by atoms with Crippen LogP contribution in [0.25, 0.3) is 0 Å². The Morgan fingerprint density at radius 1 is 1.08 bits per heavy atom. The van der Waals surface area contributed by atoms with Gasteiger partial charge in [0.25, 0.3) is 11.8 Å². The fourth-order valence-corrected chi connectivity index (χ4v) is 5.44. The molecule has 4 atom stereocenters. The predicted molar refractivity (Wildman–Crippen MR) is 142 cm³/mol. The van der Waals surface area contributed by atoms with Gasteiger partial charge in [0.1, 0.15) is 12.1 Å². The van der Waals surface area contributed by atoms with Gasteiger partial charge in [-0.05, 0) is 63.3 Å². The molecule has 2 saturated heterocycles. The number of carbonyl (C=O) groups is 4. The summed E-state index contributed by atoms with van der Waals surface area (Å²) in [6, 6.07) is 6.60. The van der Waals surface area contributed by atoms with E-state index < -0.39 is 18.1 Å². The third-order valence-corrected chi connectivity index (χ3v) is 7.58. The maximum absolute atomic E-state index is 13.0. The second kappa shape index (κ2) is 13.0. The van der Waals surface area contributed by atoms with Gasteiger partial charge in [0.15, 0.2) is 5.78 Å². The molecule has 4 unspecified atom stereocenters. The van der Waals surface area contributed by atoms with E-state index in [1.807, 2.05) is 38.1 Å². The van der Waals surface area contributed by atoms with Crippen molar-refractivity contribution in [2.24, 2.45) is 5.92 Å². The zero-order valence-electron chi connectivity index (χ0n) is 22.6. The van der Waals surface area contributed by atoms with Gasteiger partial charge in [-0.3, -0.25) is 19.2 Å². The molecule has 9 nitrogen and oxygen atoms in total. The van der Waals surface area contributed by atoms with Crippen LogP contribution in [-0.2, 0) is 14.4 Å². The molecule has 2 N–H and O–H groups in total. The molecule has 9 heteroatoms. The molecule has 37 heavy (non-hydrogen) atoms. The second-order valence-corrected chi connectivity index (χ2v) is 10.2. The monoisotopic (exact) mass is 514 g/mol. The van der Waals surface area contributed by atoms with Gasteiger partial charge in [0.2, 0.25) is 5.91 Å². The fraction of sp³-hybridized carbons (Fsp3) is 0.643. The molecule has 204 valence electrons. The molecule has 0 radical (unpaired) electrons. The van der Waals surface area contributed by atoms with Gasteiger partial charge in [-0.25, -0.2) is 0 Å². The molecule has 0 spiro atoms. The minimum absolute atomic E-state index is 0.0255. The van der Waals surface area contributed by atoms with E-state index >= 15 is 0 Å². The number of carbonyl (C=O) groups excluding carboxylic acids is 4. The zero-order valence-corrected chi connectivity index (χ0v) is 22.6. The summed E-state index contributed by atoms with van der Waals surface area (Å²) >= 11 is 0. The van der Waals surface area contributed by atoms with Crippen molar-refractivity contribution >= 4 is 29.2 Å². The molecule has 1 aromatic carbocycles. The summed E-state index contributed by atoms with van der Waals surface area (Å²) in [5, 5.41) is 13.0. The number of ketones is 1. The van der Waals surface area contributed by atoms with Crippen molar-refractivity contribution in [1.29, 1.82) is 0 Å². The molecular formula is C28H42N4O5. The quantitative estimate of drug-likeness (QED) is 0.443. The number of Topliss-reactive ketones (excluding diaryl/α,β-unsaturated/α-hetero) is 1. The van der Waals surface area contributed by atoms with Crippen LogP contribution >= 0.6 is 0 Å². The minimum Gasteiger partial charge on any atom is -0.383 e. The Morgan fingerprint density at radius 2 is 1.76 bits per heavy atom. The molecule has 1 aromatic rings. The number of rotatable bonds is 12. The summed E-state index contributed by atoms with van der Waals surface area (Å²) in [4.78, 5) is 56.2. The van der Waals surface area contributed by atoms with Gasteiger partial charge in [-0.1, -0.05) is 20.3 Å². The van der Waals surface area contributed by atoms with Crippen LogP contribution in [0.3, 0.4) is 0 Å². The Bertz CT molecular complexity index is 962. The highest BCUT2D eigenvalue weighted by Gasteiger charge is 2.51. The van der Waals surface area contributed by atoms with Crippen LogP contribution in [0.15, 0.2) is 24.3 Å². The van der Waals surface area contributed by atoms with Crippen molar-refractivity contribution in [2.75, 3.05) is 37.6 Å². The number of hydrogen-bond acceptors (Lipinski definition) is 6.